The van der Waals surface area contributed by atoms with Gasteiger partial charge in [-0.05, 0) is 66.6 Å². The summed E-state index contributed by atoms with van der Waals surface area (Å²) < 4.78 is 5.93. The molecule has 2 amide bonds. The lowest BCUT2D eigenvalue weighted by Gasteiger charge is -2.42. The summed E-state index contributed by atoms with van der Waals surface area (Å²) in [4.78, 5) is 26.7. The van der Waals surface area contributed by atoms with E-state index in [0.29, 0.717) is 19.3 Å². The molecule has 3 aliphatic rings. The van der Waals surface area contributed by atoms with Gasteiger partial charge in [0.1, 0.15) is 5.75 Å². The van der Waals surface area contributed by atoms with Gasteiger partial charge in [0.25, 0.3) is 0 Å². The van der Waals surface area contributed by atoms with E-state index in [1.807, 2.05) is 37.3 Å². The van der Waals surface area contributed by atoms with Gasteiger partial charge in [0.2, 0.25) is 11.8 Å². The molecule has 2 heterocycles. The number of imide groups is 1. The molecule has 0 unspecified atom stereocenters. The lowest BCUT2D eigenvalue weighted by atomic mass is 9.58. The number of nitrogens with zero attached hydrogens (tertiary/aromatic N) is 1. The van der Waals surface area contributed by atoms with Crippen molar-refractivity contribution in [3.63, 3.8) is 0 Å². The summed E-state index contributed by atoms with van der Waals surface area (Å²) in [7, 11) is 0.488. The van der Waals surface area contributed by atoms with Gasteiger partial charge in [0.15, 0.2) is 0 Å². The molecular weight excluding hydrogens is 445 g/mol. The highest BCUT2D eigenvalue weighted by molar-refractivity contribution is 6.43. The molecule has 4 atom stereocenters. The van der Waals surface area contributed by atoms with Crippen LogP contribution in [0.3, 0.4) is 0 Å². The van der Waals surface area contributed by atoms with Crippen molar-refractivity contribution in [2.24, 2.45) is 17.8 Å². The molecule has 5 rings (SSSR count). The van der Waals surface area contributed by atoms with Gasteiger partial charge in [-0.3, -0.25) is 14.5 Å². The first-order chi connectivity index (χ1) is 16.8. The minimum atomic E-state index is -1.02. The number of hydrogen-bond donors (Lipinski definition) is 3. The Morgan fingerprint density at radius 1 is 1.14 bits per heavy atom. The van der Waals surface area contributed by atoms with E-state index in [-0.39, 0.29) is 36.4 Å². The fourth-order valence-corrected chi connectivity index (χ4v) is 6.20. The number of aliphatic hydroxyl groups excluding tert-OH is 1. The third kappa shape index (κ3) is 4.09. The number of aliphatic hydroxyl groups is 1. The lowest BCUT2D eigenvalue weighted by molar-refractivity contribution is -0.138. The second-order valence-corrected chi connectivity index (χ2v) is 9.96. The number of fused-ring (bicyclic) bond motifs is 4. The van der Waals surface area contributed by atoms with Crippen LogP contribution in [0.1, 0.15) is 31.7 Å². The number of amides is 2. The lowest BCUT2D eigenvalue weighted by Crippen LogP contribution is -2.46. The van der Waals surface area contributed by atoms with E-state index in [1.165, 1.54) is 11.9 Å². The van der Waals surface area contributed by atoms with E-state index in [4.69, 9.17) is 4.65 Å². The van der Waals surface area contributed by atoms with Gasteiger partial charge < -0.3 is 19.9 Å². The van der Waals surface area contributed by atoms with E-state index >= 15 is 0 Å². The fraction of sp³-hybridized carbons (Fsp3) is 0.407. The minimum Gasteiger partial charge on any atom is -0.507 e. The van der Waals surface area contributed by atoms with E-state index in [2.05, 4.69) is 6.08 Å². The van der Waals surface area contributed by atoms with Crippen LogP contribution in [0.5, 0.6) is 5.75 Å². The average molecular weight is 475 g/mol. The SMILES string of the molecule is C/C(=C\c1ccc(O)c2ccccc12)CC[C@H]1OB(O)C[C@H]2C1=C(CO)C[C@H]1C(=O)N(C)C(=O)[C@H]12. The van der Waals surface area contributed by atoms with Crippen molar-refractivity contribution in [3.8, 4) is 5.75 Å². The zero-order chi connectivity index (χ0) is 24.9. The molecule has 0 spiro atoms. The van der Waals surface area contributed by atoms with Gasteiger partial charge in [-0.25, -0.2) is 0 Å². The zero-order valence-corrected chi connectivity index (χ0v) is 20.0. The molecule has 7 nitrogen and oxygen atoms in total. The number of hydrogen-bond acceptors (Lipinski definition) is 6. The van der Waals surface area contributed by atoms with Crippen molar-refractivity contribution >= 4 is 35.8 Å². The van der Waals surface area contributed by atoms with E-state index in [0.717, 1.165) is 33.1 Å². The average Bonchev–Trinajstić information content (AvgIpc) is 3.07. The predicted octanol–water partition coefficient (Wildman–Crippen LogP) is 3.15. The van der Waals surface area contributed by atoms with Gasteiger partial charge in [-0.1, -0.05) is 42.0 Å². The van der Waals surface area contributed by atoms with Crippen molar-refractivity contribution in [1.29, 1.82) is 0 Å². The maximum atomic E-state index is 12.9. The third-order valence-electron chi connectivity index (χ3n) is 7.86. The Hall–Kier alpha value is -2.94. The number of benzene rings is 2. The van der Waals surface area contributed by atoms with Gasteiger partial charge in [-0.2, -0.15) is 0 Å². The number of allylic oxidation sites excluding steroid dienone is 1. The first-order valence-corrected chi connectivity index (χ1v) is 12.2. The topological polar surface area (TPSA) is 107 Å². The minimum absolute atomic E-state index is 0.190. The summed E-state index contributed by atoms with van der Waals surface area (Å²) in [5, 5.41) is 32.6. The van der Waals surface area contributed by atoms with E-state index in [1.54, 1.807) is 6.07 Å². The molecular formula is C27H30BNO6. The predicted molar refractivity (Wildman–Crippen MR) is 133 cm³/mol. The third-order valence-corrected chi connectivity index (χ3v) is 7.86. The Kier molecular flexibility index (Phi) is 6.29. The quantitative estimate of drug-likeness (QED) is 0.349. The number of aromatic hydroxyl groups is 1. The van der Waals surface area contributed by atoms with Crippen LogP contribution in [0, 0.1) is 17.8 Å². The fourth-order valence-electron chi connectivity index (χ4n) is 6.20. The first-order valence-electron chi connectivity index (χ1n) is 12.2. The molecule has 0 bridgehead atoms. The Labute approximate surface area is 204 Å². The normalized spacial score (nSPS) is 27.0. The standard InChI is InChI=1S/C27H30BNO6/c1-15(11-16-8-9-22(31)19-6-4-3-5-18(16)19)7-10-23-24-17(14-30)12-20-25(21(24)13-28(34)35-23)27(33)29(2)26(20)32/h3-6,8-9,11,20-21,23,25,30-31,34H,7,10,12-14H2,1-2H3/b15-11+/t20-,21+,23-,25-/m1/s1. The summed E-state index contributed by atoms with van der Waals surface area (Å²) in [5.41, 5.74) is 3.76. The van der Waals surface area contributed by atoms with Crippen LogP contribution in [0.25, 0.3) is 16.8 Å². The van der Waals surface area contributed by atoms with Crippen LogP contribution in [0.2, 0.25) is 6.32 Å². The number of likely N-dealkylation sites (tertiary alicyclic amines) is 1. The largest absolute Gasteiger partial charge is 0.507 e. The van der Waals surface area contributed by atoms with Crippen LogP contribution in [-0.2, 0) is 14.2 Å². The number of carbonyl (C=O) groups is 2. The van der Waals surface area contributed by atoms with Crippen LogP contribution >= 0.6 is 0 Å². The summed E-state index contributed by atoms with van der Waals surface area (Å²) in [6, 6.07) is 11.3. The van der Waals surface area contributed by atoms with Crippen molar-refractivity contribution in [2.45, 2.75) is 38.6 Å². The van der Waals surface area contributed by atoms with Gasteiger partial charge in [0, 0.05) is 12.4 Å². The molecule has 2 aliphatic heterocycles. The molecule has 0 aromatic heterocycles. The maximum absolute atomic E-state index is 12.9. The molecule has 2 aromatic carbocycles. The van der Waals surface area contributed by atoms with Crippen molar-refractivity contribution in [2.75, 3.05) is 13.7 Å². The molecule has 3 N–H and O–H groups in total. The van der Waals surface area contributed by atoms with Crippen LogP contribution in [-0.4, -0.2) is 58.8 Å². The number of phenols is 1. The second kappa shape index (κ2) is 9.26. The number of carbonyl (C=O) groups excluding carboxylic acids is 2. The van der Waals surface area contributed by atoms with Gasteiger partial charge in [-0.15, -0.1) is 0 Å². The molecule has 0 radical (unpaired) electrons. The molecule has 0 saturated carbocycles. The molecule has 8 heteroatoms. The Morgan fingerprint density at radius 3 is 2.63 bits per heavy atom. The molecule has 2 saturated heterocycles. The Balaban J connectivity index is 1.41. The summed E-state index contributed by atoms with van der Waals surface area (Å²) in [6.45, 7) is 1.84. The monoisotopic (exact) mass is 475 g/mol. The van der Waals surface area contributed by atoms with Crippen molar-refractivity contribution in [1.82, 2.24) is 4.90 Å². The molecule has 35 heavy (non-hydrogen) atoms. The van der Waals surface area contributed by atoms with E-state index in [9.17, 15) is 24.8 Å². The van der Waals surface area contributed by atoms with Crippen molar-refractivity contribution < 1.29 is 29.5 Å². The molecule has 2 aromatic rings. The number of rotatable bonds is 5. The second-order valence-electron chi connectivity index (χ2n) is 9.96. The van der Waals surface area contributed by atoms with Gasteiger partial charge in [0.05, 0.1) is 24.5 Å². The number of phenolic OH excluding ortho intramolecular Hbond substituents is 1. The molecule has 182 valence electrons. The van der Waals surface area contributed by atoms with Crippen molar-refractivity contribution in [3.05, 3.63) is 58.7 Å². The van der Waals surface area contributed by atoms with Crippen LogP contribution < -0.4 is 0 Å². The Bertz CT molecular complexity index is 1250. The zero-order valence-electron chi connectivity index (χ0n) is 20.0. The molecule has 1 aliphatic carbocycles. The molecule has 2 fully saturated rings. The van der Waals surface area contributed by atoms with Gasteiger partial charge >= 0.3 is 7.12 Å². The van der Waals surface area contributed by atoms with Crippen LogP contribution in [0.4, 0.5) is 0 Å². The first kappa shape index (κ1) is 23.8. The highest BCUT2D eigenvalue weighted by atomic mass is 16.5. The summed E-state index contributed by atoms with van der Waals surface area (Å²) >= 11 is 0. The summed E-state index contributed by atoms with van der Waals surface area (Å²) in [5.74, 6) is -1.45. The summed E-state index contributed by atoms with van der Waals surface area (Å²) in [6.07, 6.45) is 3.53. The van der Waals surface area contributed by atoms with Crippen LogP contribution in [0.15, 0.2) is 53.1 Å². The maximum Gasteiger partial charge on any atom is 0.455 e. The highest BCUT2D eigenvalue weighted by Crippen LogP contribution is 2.50. The smallest absolute Gasteiger partial charge is 0.455 e. The van der Waals surface area contributed by atoms with E-state index < -0.39 is 25.1 Å². The highest BCUT2D eigenvalue weighted by Gasteiger charge is 2.56. The Morgan fingerprint density at radius 2 is 1.89 bits per heavy atom.